The Morgan fingerprint density at radius 2 is 1.69 bits per heavy atom. The normalized spacial score (nSPS) is 10.6. The van der Waals surface area contributed by atoms with E-state index in [0.717, 1.165) is 52.8 Å². The number of rotatable bonds is 6. The van der Waals surface area contributed by atoms with Crippen molar-refractivity contribution in [1.82, 2.24) is 15.2 Å². The van der Waals surface area contributed by atoms with Crippen molar-refractivity contribution in [2.75, 3.05) is 0 Å². The van der Waals surface area contributed by atoms with Gasteiger partial charge in [0.25, 0.3) is 11.4 Å². The van der Waals surface area contributed by atoms with Crippen molar-refractivity contribution in [3.8, 4) is 10.6 Å². The Labute approximate surface area is 155 Å². The average molecular weight is 412 g/mol. The Morgan fingerprint density at radius 1 is 0.923 bits per heavy atom. The van der Waals surface area contributed by atoms with E-state index in [1.807, 2.05) is 0 Å². The number of nitro benzene ring substituents is 2. The Balaban J connectivity index is 1.90. The molecule has 0 atom stereocenters. The van der Waals surface area contributed by atoms with Crippen molar-refractivity contribution in [3.05, 3.63) is 54.7 Å². The molecule has 0 saturated heterocycles. The number of thiazole rings is 1. The summed E-state index contributed by atoms with van der Waals surface area (Å²) >= 11 is 2.90. The molecule has 2 heterocycles. The van der Waals surface area contributed by atoms with E-state index in [4.69, 9.17) is 0 Å². The molecule has 3 aromatic rings. The number of nitro groups is 3. The average Bonchev–Trinajstić information content (AvgIpc) is 3.24. The van der Waals surface area contributed by atoms with Crippen LogP contribution in [0.15, 0.2) is 33.1 Å². The van der Waals surface area contributed by atoms with Gasteiger partial charge in [-0.2, -0.15) is 0 Å². The first-order valence-electron chi connectivity index (χ1n) is 6.40. The van der Waals surface area contributed by atoms with Gasteiger partial charge in [0, 0.05) is 6.07 Å². The molecule has 0 radical (unpaired) electrons. The van der Waals surface area contributed by atoms with E-state index in [1.165, 1.54) is 6.07 Å². The molecule has 0 aliphatic heterocycles. The molecule has 0 amide bonds. The van der Waals surface area contributed by atoms with Gasteiger partial charge in [-0.25, -0.2) is 4.98 Å². The highest BCUT2D eigenvalue weighted by Gasteiger charge is 2.23. The second-order valence-corrected chi connectivity index (χ2v) is 7.89. The summed E-state index contributed by atoms with van der Waals surface area (Å²) in [5, 5.41) is 40.4. The molecule has 15 heteroatoms. The maximum Gasteiger partial charge on any atom is 0.344 e. The highest BCUT2D eigenvalue weighted by Crippen LogP contribution is 2.40. The molecule has 0 aliphatic carbocycles. The van der Waals surface area contributed by atoms with Crippen molar-refractivity contribution < 1.29 is 14.8 Å². The quantitative estimate of drug-likeness (QED) is 0.431. The number of benzene rings is 1. The van der Waals surface area contributed by atoms with Gasteiger partial charge in [0.2, 0.25) is 0 Å². The third-order valence-electron chi connectivity index (χ3n) is 2.85. The number of hydrogen-bond acceptors (Lipinski definition) is 12. The summed E-state index contributed by atoms with van der Waals surface area (Å²) in [6.45, 7) is 0. The van der Waals surface area contributed by atoms with Gasteiger partial charge in [0.1, 0.15) is 6.20 Å². The third kappa shape index (κ3) is 3.63. The van der Waals surface area contributed by atoms with Gasteiger partial charge in [0.15, 0.2) is 13.7 Å². The number of non-ortho nitro benzene ring substituents is 1. The molecule has 0 N–H and O–H groups in total. The Kier molecular flexibility index (Phi) is 4.83. The Morgan fingerprint density at radius 3 is 2.31 bits per heavy atom. The zero-order chi connectivity index (χ0) is 18.8. The Bertz CT molecular complexity index is 1030. The molecule has 12 nitrogen and oxygen atoms in total. The predicted molar refractivity (Wildman–Crippen MR) is 91.5 cm³/mol. The minimum absolute atomic E-state index is 0.0927. The lowest BCUT2D eigenvalue weighted by Gasteiger charge is -1.98. The fourth-order valence-electron chi connectivity index (χ4n) is 1.78. The smallest absolute Gasteiger partial charge is 0.258 e. The molecule has 26 heavy (non-hydrogen) atoms. The van der Waals surface area contributed by atoms with Gasteiger partial charge in [-0.05, 0) is 29.2 Å². The zero-order valence-electron chi connectivity index (χ0n) is 12.2. The van der Waals surface area contributed by atoms with Crippen molar-refractivity contribution in [2.24, 2.45) is 0 Å². The summed E-state index contributed by atoms with van der Waals surface area (Å²) in [7, 11) is 0. The summed E-state index contributed by atoms with van der Waals surface area (Å²) < 4.78 is 0.745. The predicted octanol–water partition coefficient (Wildman–Crippen LogP) is 3.54. The van der Waals surface area contributed by atoms with Crippen LogP contribution in [0.1, 0.15) is 0 Å². The second-order valence-electron chi connectivity index (χ2n) is 4.41. The SMILES string of the molecule is O=[N+]([O-])c1ccc(-c2nnc(Sc3ncc([N+](=O)[O-])s3)s2)c([N+](=O)[O-])c1. The maximum atomic E-state index is 11.2. The number of nitrogens with zero attached hydrogens (tertiary/aromatic N) is 6. The van der Waals surface area contributed by atoms with Crippen LogP contribution in [0.25, 0.3) is 10.6 Å². The van der Waals surface area contributed by atoms with Crippen molar-refractivity contribution >= 4 is 50.8 Å². The monoisotopic (exact) mass is 412 g/mol. The van der Waals surface area contributed by atoms with E-state index in [9.17, 15) is 30.3 Å². The highest BCUT2D eigenvalue weighted by molar-refractivity contribution is 8.02. The van der Waals surface area contributed by atoms with Gasteiger partial charge in [-0.15, -0.1) is 10.2 Å². The van der Waals surface area contributed by atoms with Gasteiger partial charge in [-0.3, -0.25) is 30.3 Å². The minimum atomic E-state index is -0.735. The van der Waals surface area contributed by atoms with Crippen LogP contribution < -0.4 is 0 Å². The molecule has 0 aliphatic rings. The summed E-state index contributed by atoms with van der Waals surface area (Å²) in [5.74, 6) is 0. The van der Waals surface area contributed by atoms with Crippen LogP contribution in [0.2, 0.25) is 0 Å². The summed E-state index contributed by atoms with van der Waals surface area (Å²) in [4.78, 5) is 34.5. The molecule has 3 rings (SSSR count). The molecule has 0 spiro atoms. The maximum absolute atomic E-state index is 11.2. The molecule has 0 fully saturated rings. The fraction of sp³-hybridized carbons (Fsp3) is 0. The van der Waals surface area contributed by atoms with Crippen molar-refractivity contribution in [2.45, 2.75) is 8.68 Å². The summed E-state index contributed by atoms with van der Waals surface area (Å²) in [6.07, 6.45) is 1.12. The molecular weight excluding hydrogens is 408 g/mol. The van der Waals surface area contributed by atoms with Crippen LogP contribution in [0.4, 0.5) is 16.4 Å². The van der Waals surface area contributed by atoms with Crippen molar-refractivity contribution in [3.63, 3.8) is 0 Å². The summed E-state index contributed by atoms with van der Waals surface area (Å²) in [6, 6.07) is 3.23. The molecular formula is C11H4N6O6S3. The topological polar surface area (TPSA) is 168 Å². The molecule has 132 valence electrons. The van der Waals surface area contributed by atoms with Gasteiger partial charge in [0.05, 0.1) is 26.4 Å². The minimum Gasteiger partial charge on any atom is -0.258 e. The Hall–Kier alpha value is -3.04. The van der Waals surface area contributed by atoms with Gasteiger partial charge >= 0.3 is 5.00 Å². The first-order chi connectivity index (χ1) is 12.3. The molecule has 0 unspecified atom stereocenters. The molecule has 0 saturated carbocycles. The van der Waals surface area contributed by atoms with Crippen molar-refractivity contribution in [1.29, 1.82) is 0 Å². The van der Waals surface area contributed by atoms with Crippen LogP contribution in [-0.4, -0.2) is 30.0 Å². The van der Waals surface area contributed by atoms with E-state index < -0.39 is 26.1 Å². The van der Waals surface area contributed by atoms with E-state index in [1.54, 1.807) is 0 Å². The molecule has 0 bridgehead atoms. The molecule has 1 aromatic carbocycles. The van der Waals surface area contributed by atoms with Crippen LogP contribution in [0.3, 0.4) is 0 Å². The van der Waals surface area contributed by atoms with Crippen LogP contribution in [-0.2, 0) is 0 Å². The van der Waals surface area contributed by atoms with Crippen LogP contribution >= 0.6 is 34.4 Å². The standard InChI is InChI=1S/C11H4N6O6S3/c18-15(19)5-1-2-6(7(3-5)16(20)21)9-13-14-11(25-9)26-10-12-4-8(24-10)17(22)23/h1-4H. The van der Waals surface area contributed by atoms with E-state index in [-0.39, 0.29) is 15.6 Å². The lowest BCUT2D eigenvalue weighted by Crippen LogP contribution is -1.95. The van der Waals surface area contributed by atoms with Gasteiger partial charge in [-0.1, -0.05) is 11.3 Å². The number of hydrogen-bond donors (Lipinski definition) is 0. The zero-order valence-corrected chi connectivity index (χ0v) is 14.6. The van der Waals surface area contributed by atoms with E-state index >= 15 is 0 Å². The van der Waals surface area contributed by atoms with E-state index in [0.29, 0.717) is 8.68 Å². The fourth-order valence-corrected chi connectivity index (χ4v) is 4.65. The van der Waals surface area contributed by atoms with E-state index in [2.05, 4.69) is 15.2 Å². The number of aromatic nitrogens is 3. The first kappa shape index (κ1) is 17.8. The third-order valence-corrected chi connectivity index (χ3v) is 5.88. The lowest BCUT2D eigenvalue weighted by atomic mass is 10.1. The van der Waals surface area contributed by atoms with Gasteiger partial charge < -0.3 is 0 Å². The largest absolute Gasteiger partial charge is 0.344 e. The lowest BCUT2D eigenvalue weighted by molar-refractivity contribution is -0.393. The summed E-state index contributed by atoms with van der Waals surface area (Å²) in [5.41, 5.74) is -0.776. The van der Waals surface area contributed by atoms with Crippen LogP contribution in [0.5, 0.6) is 0 Å². The highest BCUT2D eigenvalue weighted by atomic mass is 32.2. The first-order valence-corrected chi connectivity index (χ1v) is 8.85. The second kappa shape index (κ2) is 7.06. The molecule has 2 aromatic heterocycles. The van der Waals surface area contributed by atoms with Crippen LogP contribution in [0, 0.1) is 30.3 Å².